The first-order valence-electron chi connectivity index (χ1n) is 6.95. The van der Waals surface area contributed by atoms with Crippen LogP contribution in [0.15, 0.2) is 18.2 Å². The number of hydrogen-bond acceptors (Lipinski definition) is 6. The summed E-state index contributed by atoms with van der Waals surface area (Å²) in [6.07, 6.45) is 0. The summed E-state index contributed by atoms with van der Waals surface area (Å²) in [7, 11) is 1.52. The topological polar surface area (TPSA) is 86.3 Å². The molecule has 1 saturated heterocycles. The number of aromatic amines is 1. The maximum Gasteiger partial charge on any atom is 0.245 e. The lowest BCUT2D eigenvalue weighted by Gasteiger charge is -2.30. The molecule has 1 aliphatic heterocycles. The van der Waals surface area contributed by atoms with Gasteiger partial charge in [0.1, 0.15) is 0 Å². The van der Waals surface area contributed by atoms with Gasteiger partial charge in [-0.05, 0) is 25.1 Å². The smallest absolute Gasteiger partial charge is 0.245 e. The molecule has 2 aromatic rings. The minimum Gasteiger partial charge on any atom is -0.504 e. The Morgan fingerprint density at radius 1 is 1.43 bits per heavy atom. The van der Waals surface area contributed by atoms with Crippen LogP contribution in [0.3, 0.4) is 0 Å². The van der Waals surface area contributed by atoms with Gasteiger partial charge in [0, 0.05) is 31.2 Å². The van der Waals surface area contributed by atoms with E-state index >= 15 is 0 Å². The monoisotopic (exact) mass is 289 g/mol. The van der Waals surface area contributed by atoms with Gasteiger partial charge in [-0.2, -0.15) is 4.98 Å². The lowest BCUT2D eigenvalue weighted by atomic mass is 10.2. The fraction of sp³-hybridized carbons (Fsp3) is 0.429. The number of benzene rings is 1. The molecule has 1 atom stereocenters. The summed E-state index contributed by atoms with van der Waals surface area (Å²) < 4.78 is 5.04. The third-order valence-electron chi connectivity index (χ3n) is 3.58. The largest absolute Gasteiger partial charge is 0.504 e. The number of anilines is 1. The van der Waals surface area contributed by atoms with Crippen LogP contribution in [0.2, 0.25) is 0 Å². The van der Waals surface area contributed by atoms with E-state index < -0.39 is 0 Å². The van der Waals surface area contributed by atoms with Gasteiger partial charge in [-0.1, -0.05) is 0 Å². The summed E-state index contributed by atoms with van der Waals surface area (Å²) in [4.78, 5) is 6.66. The van der Waals surface area contributed by atoms with Crippen molar-refractivity contribution in [2.45, 2.75) is 13.0 Å². The number of piperazine rings is 1. The predicted molar refractivity (Wildman–Crippen MR) is 79.7 cm³/mol. The van der Waals surface area contributed by atoms with Gasteiger partial charge in [-0.25, -0.2) is 0 Å². The molecule has 1 unspecified atom stereocenters. The Bertz CT molecular complexity index is 628. The van der Waals surface area contributed by atoms with Crippen LogP contribution in [-0.4, -0.2) is 53.1 Å². The summed E-state index contributed by atoms with van der Waals surface area (Å²) >= 11 is 0. The molecule has 0 radical (unpaired) electrons. The molecule has 7 nitrogen and oxygen atoms in total. The highest BCUT2D eigenvalue weighted by molar-refractivity contribution is 5.61. The first-order chi connectivity index (χ1) is 10.2. The number of aromatic nitrogens is 3. The molecule has 7 heteroatoms. The van der Waals surface area contributed by atoms with Crippen molar-refractivity contribution in [3.63, 3.8) is 0 Å². The van der Waals surface area contributed by atoms with Crippen LogP contribution in [0.25, 0.3) is 11.4 Å². The Morgan fingerprint density at radius 2 is 2.29 bits per heavy atom. The van der Waals surface area contributed by atoms with Gasteiger partial charge in [0.2, 0.25) is 5.95 Å². The molecule has 0 amide bonds. The molecule has 21 heavy (non-hydrogen) atoms. The third kappa shape index (κ3) is 2.78. The van der Waals surface area contributed by atoms with Crippen LogP contribution in [0.1, 0.15) is 6.92 Å². The summed E-state index contributed by atoms with van der Waals surface area (Å²) in [6.45, 7) is 4.83. The third-order valence-corrected chi connectivity index (χ3v) is 3.58. The minimum absolute atomic E-state index is 0.0868. The summed E-state index contributed by atoms with van der Waals surface area (Å²) in [5.74, 6) is 1.85. The van der Waals surface area contributed by atoms with E-state index in [1.165, 1.54) is 7.11 Å². The maximum absolute atomic E-state index is 9.84. The number of nitrogens with zero attached hydrogens (tertiary/aromatic N) is 3. The number of H-pyrrole nitrogens is 1. The fourth-order valence-electron chi connectivity index (χ4n) is 2.47. The number of methoxy groups -OCH3 is 1. The van der Waals surface area contributed by atoms with Crippen LogP contribution >= 0.6 is 0 Å². The number of ether oxygens (including phenoxy) is 1. The van der Waals surface area contributed by atoms with Crippen molar-refractivity contribution >= 4 is 5.95 Å². The molecule has 112 valence electrons. The maximum atomic E-state index is 9.84. The van der Waals surface area contributed by atoms with Crippen molar-refractivity contribution in [1.82, 2.24) is 20.5 Å². The summed E-state index contributed by atoms with van der Waals surface area (Å²) in [5.41, 5.74) is 0.773. The quantitative estimate of drug-likeness (QED) is 0.781. The van der Waals surface area contributed by atoms with E-state index in [2.05, 4.69) is 32.3 Å². The first kappa shape index (κ1) is 13.7. The van der Waals surface area contributed by atoms with E-state index in [9.17, 15) is 5.11 Å². The van der Waals surface area contributed by atoms with Crippen LogP contribution in [-0.2, 0) is 0 Å². The van der Waals surface area contributed by atoms with Crippen molar-refractivity contribution in [3.8, 4) is 22.9 Å². The first-order valence-corrected chi connectivity index (χ1v) is 6.95. The second-order valence-corrected chi connectivity index (χ2v) is 5.17. The zero-order valence-corrected chi connectivity index (χ0v) is 12.1. The molecular weight excluding hydrogens is 270 g/mol. The summed E-state index contributed by atoms with van der Waals surface area (Å²) in [5, 5.41) is 20.4. The van der Waals surface area contributed by atoms with Crippen molar-refractivity contribution in [1.29, 1.82) is 0 Å². The molecule has 1 aromatic carbocycles. The van der Waals surface area contributed by atoms with Crippen LogP contribution in [0, 0.1) is 0 Å². The van der Waals surface area contributed by atoms with Gasteiger partial charge in [-0.3, -0.25) is 5.10 Å². The Balaban J connectivity index is 1.82. The molecule has 0 saturated carbocycles. The van der Waals surface area contributed by atoms with E-state index in [-0.39, 0.29) is 5.75 Å². The molecular formula is C14H19N5O2. The number of aromatic hydroxyl groups is 1. The van der Waals surface area contributed by atoms with Crippen molar-refractivity contribution < 1.29 is 9.84 Å². The normalized spacial score (nSPS) is 18.8. The zero-order valence-electron chi connectivity index (χ0n) is 12.1. The zero-order chi connectivity index (χ0) is 14.8. The highest BCUT2D eigenvalue weighted by atomic mass is 16.5. The highest BCUT2D eigenvalue weighted by Crippen LogP contribution is 2.30. The van der Waals surface area contributed by atoms with E-state index in [1.807, 2.05) is 6.07 Å². The van der Waals surface area contributed by atoms with Crippen LogP contribution in [0.4, 0.5) is 5.95 Å². The molecule has 3 rings (SSSR count). The molecule has 0 bridgehead atoms. The molecule has 0 aliphatic carbocycles. The Hall–Kier alpha value is -2.28. The van der Waals surface area contributed by atoms with Gasteiger partial charge in [0.05, 0.1) is 7.11 Å². The van der Waals surface area contributed by atoms with E-state index in [0.29, 0.717) is 23.6 Å². The standard InChI is InChI=1S/C14H19N5O2/c1-9-8-19(6-5-15-9)14-16-13(17-18-14)10-3-4-12(21-2)11(20)7-10/h3-4,7,9,15,20H,5-6,8H2,1-2H3,(H,16,17,18). The van der Waals surface area contributed by atoms with Crippen molar-refractivity contribution in [3.05, 3.63) is 18.2 Å². The fourth-order valence-corrected chi connectivity index (χ4v) is 2.47. The SMILES string of the molecule is COc1ccc(-c2nc(N3CCNC(C)C3)n[nH]2)cc1O. The lowest BCUT2D eigenvalue weighted by Crippen LogP contribution is -2.49. The molecule has 2 heterocycles. The predicted octanol–water partition coefficient (Wildman–Crippen LogP) is 0.984. The lowest BCUT2D eigenvalue weighted by molar-refractivity contribution is 0.373. The second kappa shape index (κ2) is 5.61. The highest BCUT2D eigenvalue weighted by Gasteiger charge is 2.19. The average Bonchev–Trinajstić information content (AvgIpc) is 2.97. The van der Waals surface area contributed by atoms with Gasteiger partial charge >= 0.3 is 0 Å². The molecule has 1 aromatic heterocycles. The molecule has 0 spiro atoms. The van der Waals surface area contributed by atoms with Gasteiger partial charge in [-0.15, -0.1) is 5.10 Å². The summed E-state index contributed by atoms with van der Waals surface area (Å²) in [6, 6.07) is 5.58. The Morgan fingerprint density at radius 3 is 3.00 bits per heavy atom. The number of rotatable bonds is 3. The number of phenols is 1. The van der Waals surface area contributed by atoms with Crippen molar-refractivity contribution in [2.75, 3.05) is 31.6 Å². The minimum atomic E-state index is 0.0868. The Labute approximate surface area is 123 Å². The molecule has 1 aliphatic rings. The van der Waals surface area contributed by atoms with E-state index in [4.69, 9.17) is 4.74 Å². The number of hydrogen-bond donors (Lipinski definition) is 3. The van der Waals surface area contributed by atoms with E-state index in [0.717, 1.165) is 25.2 Å². The van der Waals surface area contributed by atoms with Crippen LogP contribution < -0.4 is 15.0 Å². The van der Waals surface area contributed by atoms with Gasteiger partial charge < -0.3 is 20.1 Å². The molecule has 1 fully saturated rings. The second-order valence-electron chi connectivity index (χ2n) is 5.17. The number of phenolic OH excluding ortho intramolecular Hbond substituents is 1. The average molecular weight is 289 g/mol. The van der Waals surface area contributed by atoms with Gasteiger partial charge in [0.15, 0.2) is 17.3 Å². The van der Waals surface area contributed by atoms with E-state index in [1.54, 1.807) is 12.1 Å². The van der Waals surface area contributed by atoms with Gasteiger partial charge in [0.25, 0.3) is 0 Å². The Kier molecular flexibility index (Phi) is 3.66. The van der Waals surface area contributed by atoms with Crippen molar-refractivity contribution in [2.24, 2.45) is 0 Å². The van der Waals surface area contributed by atoms with Crippen LogP contribution in [0.5, 0.6) is 11.5 Å². The molecule has 3 N–H and O–H groups in total. The number of nitrogens with one attached hydrogen (secondary N) is 2.